The Hall–Kier alpha value is -1.73. The predicted octanol–water partition coefficient (Wildman–Crippen LogP) is 3.77. The van der Waals surface area contributed by atoms with Gasteiger partial charge in [0.15, 0.2) is 11.6 Å². The Labute approximate surface area is 161 Å². The molecule has 2 aliphatic rings. The predicted molar refractivity (Wildman–Crippen MR) is 108 cm³/mol. The van der Waals surface area contributed by atoms with E-state index in [9.17, 15) is 9.59 Å². The number of Topliss-reactive ketones (excluding diaryl/α,β-unsaturated/α-hetero) is 2. The number of anilines is 1. The summed E-state index contributed by atoms with van der Waals surface area (Å²) < 4.78 is 1.22. The number of fused-ring (bicyclic) bond motifs is 2. The van der Waals surface area contributed by atoms with Crippen LogP contribution in [-0.2, 0) is 12.8 Å². The Morgan fingerprint density at radius 1 is 0.760 bits per heavy atom. The number of halogens is 1. The molecule has 0 atom stereocenters. The van der Waals surface area contributed by atoms with Crippen LogP contribution in [0.1, 0.15) is 57.5 Å². The molecule has 132 valence electrons. The summed E-state index contributed by atoms with van der Waals surface area (Å²) in [6, 6.07) is 11.6. The second-order valence-corrected chi connectivity index (χ2v) is 7.52. The third-order valence-electron chi connectivity index (χ3n) is 4.50. The van der Waals surface area contributed by atoms with E-state index in [-0.39, 0.29) is 11.3 Å². The molecule has 5 heteroatoms. The third kappa shape index (κ3) is 4.67. The van der Waals surface area contributed by atoms with Gasteiger partial charge >= 0.3 is 0 Å². The lowest BCUT2D eigenvalue weighted by Crippen LogP contribution is -2.10. The van der Waals surface area contributed by atoms with Crippen molar-refractivity contribution in [2.24, 2.45) is 0 Å². The monoisotopic (exact) mass is 451 g/mol. The van der Waals surface area contributed by atoms with Crippen molar-refractivity contribution in [3.05, 3.63) is 62.2 Å². The molecule has 25 heavy (non-hydrogen) atoms. The molecule has 2 aromatic carbocycles. The molecule has 0 saturated heterocycles. The highest BCUT2D eigenvalue weighted by molar-refractivity contribution is 14.1. The van der Waals surface area contributed by atoms with Gasteiger partial charge in [0.05, 0.1) is 0 Å². The molecule has 4 N–H and O–H groups in total. The van der Waals surface area contributed by atoms with Crippen LogP contribution in [0, 0.1) is 3.57 Å². The Balaban J connectivity index is 0.000000173. The molecule has 0 unspecified atom stereocenters. The summed E-state index contributed by atoms with van der Waals surface area (Å²) in [5.74, 6) is 0.573. The first-order valence-electron chi connectivity index (χ1n) is 8.28. The van der Waals surface area contributed by atoms with Crippen LogP contribution in [-0.4, -0.2) is 17.0 Å². The van der Waals surface area contributed by atoms with Gasteiger partial charge in [0.25, 0.3) is 0 Å². The van der Waals surface area contributed by atoms with Gasteiger partial charge in [0.2, 0.25) is 0 Å². The molecule has 0 radical (unpaired) electrons. The molecule has 0 bridgehead atoms. The number of rotatable bonds is 0. The lowest BCUT2D eigenvalue weighted by atomic mass is 9.90. The van der Waals surface area contributed by atoms with Gasteiger partial charge in [-0.05, 0) is 89.7 Å². The minimum atomic E-state index is 0. The first-order chi connectivity index (χ1) is 11.5. The quantitative estimate of drug-likeness (QED) is 0.488. The van der Waals surface area contributed by atoms with Gasteiger partial charge in [-0.3, -0.25) is 9.59 Å². The van der Waals surface area contributed by atoms with Gasteiger partial charge in [-0.2, -0.15) is 0 Å². The van der Waals surface area contributed by atoms with Crippen LogP contribution < -0.4 is 5.73 Å². The summed E-state index contributed by atoms with van der Waals surface area (Å²) >= 11 is 2.28. The highest BCUT2D eigenvalue weighted by Gasteiger charge is 2.17. The maximum atomic E-state index is 11.4. The van der Waals surface area contributed by atoms with Crippen molar-refractivity contribution in [1.82, 2.24) is 0 Å². The zero-order valence-electron chi connectivity index (χ0n) is 14.0. The average molecular weight is 451 g/mol. The van der Waals surface area contributed by atoms with E-state index in [4.69, 9.17) is 5.73 Å². The van der Waals surface area contributed by atoms with E-state index in [1.165, 1.54) is 9.13 Å². The summed E-state index contributed by atoms with van der Waals surface area (Å²) in [4.78, 5) is 22.8. The topological polar surface area (TPSA) is 91.7 Å². The number of hydrogen-bond acceptors (Lipinski definition) is 3. The van der Waals surface area contributed by atoms with Gasteiger partial charge in [0, 0.05) is 33.2 Å². The molecule has 2 aliphatic carbocycles. The van der Waals surface area contributed by atoms with E-state index in [1.807, 2.05) is 24.3 Å². The molecular formula is C20H22INO3. The lowest BCUT2D eigenvalue weighted by Gasteiger charge is -2.14. The van der Waals surface area contributed by atoms with Crippen molar-refractivity contribution < 1.29 is 15.1 Å². The van der Waals surface area contributed by atoms with Crippen molar-refractivity contribution in [1.29, 1.82) is 0 Å². The standard InChI is InChI=1S/C10H9IO.C10H11NO.H2O/c2*11-8-4-5-9-7(6-8)2-1-3-10(9)12;/h4-6H,1-3H2;4-6H,1-3,11H2;1H2. The molecule has 0 aromatic heterocycles. The largest absolute Gasteiger partial charge is 0.412 e. The van der Waals surface area contributed by atoms with Gasteiger partial charge < -0.3 is 11.2 Å². The molecule has 0 aliphatic heterocycles. The number of carbonyl (C=O) groups excluding carboxylic acids is 2. The maximum absolute atomic E-state index is 11.4. The molecule has 0 spiro atoms. The van der Waals surface area contributed by atoms with E-state index >= 15 is 0 Å². The molecule has 4 nitrogen and oxygen atoms in total. The third-order valence-corrected chi connectivity index (χ3v) is 5.17. The fourth-order valence-electron chi connectivity index (χ4n) is 3.28. The minimum Gasteiger partial charge on any atom is -0.412 e. The molecular weight excluding hydrogens is 429 g/mol. The molecule has 0 amide bonds. The van der Waals surface area contributed by atoms with Crippen LogP contribution in [0.3, 0.4) is 0 Å². The Morgan fingerprint density at radius 2 is 1.28 bits per heavy atom. The molecule has 0 heterocycles. The van der Waals surface area contributed by atoms with Crippen molar-refractivity contribution in [2.45, 2.75) is 38.5 Å². The average Bonchev–Trinajstić information content (AvgIpc) is 2.55. The van der Waals surface area contributed by atoms with Gasteiger partial charge in [-0.1, -0.05) is 6.07 Å². The van der Waals surface area contributed by atoms with Crippen LogP contribution in [0.2, 0.25) is 0 Å². The first kappa shape index (κ1) is 19.6. The first-order valence-corrected chi connectivity index (χ1v) is 9.35. The smallest absolute Gasteiger partial charge is 0.163 e. The van der Waals surface area contributed by atoms with Gasteiger partial charge in [-0.25, -0.2) is 0 Å². The van der Waals surface area contributed by atoms with Crippen LogP contribution in [0.25, 0.3) is 0 Å². The lowest BCUT2D eigenvalue weighted by molar-refractivity contribution is 0.0964. The molecule has 0 fully saturated rings. The Bertz CT molecular complexity index is 734. The second-order valence-electron chi connectivity index (χ2n) is 6.27. The molecule has 4 rings (SSSR count). The number of nitrogen functional groups attached to an aromatic ring is 1. The summed E-state index contributed by atoms with van der Waals surface area (Å²) in [5, 5.41) is 0. The van der Waals surface area contributed by atoms with Crippen LogP contribution in [0.15, 0.2) is 36.4 Å². The number of hydrogen-bond donors (Lipinski definition) is 1. The summed E-state index contributed by atoms with van der Waals surface area (Å²) in [6.45, 7) is 0. The molecule has 2 aromatic rings. The van der Waals surface area contributed by atoms with Gasteiger partial charge in [0.1, 0.15) is 0 Å². The molecule has 0 saturated carbocycles. The van der Waals surface area contributed by atoms with E-state index in [0.29, 0.717) is 12.2 Å². The van der Waals surface area contributed by atoms with E-state index in [2.05, 4.69) is 28.7 Å². The number of carbonyl (C=O) groups is 2. The second kappa shape index (κ2) is 8.58. The zero-order valence-corrected chi connectivity index (χ0v) is 16.1. The van der Waals surface area contributed by atoms with Crippen molar-refractivity contribution in [3.8, 4) is 0 Å². The van der Waals surface area contributed by atoms with Crippen molar-refractivity contribution in [3.63, 3.8) is 0 Å². The number of nitrogens with two attached hydrogens (primary N) is 1. The highest BCUT2D eigenvalue weighted by atomic mass is 127. The highest BCUT2D eigenvalue weighted by Crippen LogP contribution is 2.23. The van der Waals surface area contributed by atoms with Crippen molar-refractivity contribution in [2.75, 3.05) is 5.73 Å². The number of ketones is 2. The fourth-order valence-corrected chi connectivity index (χ4v) is 3.84. The van der Waals surface area contributed by atoms with Crippen LogP contribution in [0.4, 0.5) is 5.69 Å². The number of benzene rings is 2. The Kier molecular flexibility index (Phi) is 6.72. The maximum Gasteiger partial charge on any atom is 0.163 e. The normalized spacial score (nSPS) is 15.2. The van der Waals surface area contributed by atoms with E-state index in [1.54, 1.807) is 6.07 Å². The SMILES string of the molecule is Nc1ccc2c(c1)CCCC2=O.O.O=C1CCCc2cc(I)ccc21. The summed E-state index contributed by atoms with van der Waals surface area (Å²) in [6.07, 6.45) is 5.47. The summed E-state index contributed by atoms with van der Waals surface area (Å²) in [7, 11) is 0. The fraction of sp³-hybridized carbons (Fsp3) is 0.300. The van der Waals surface area contributed by atoms with Crippen LogP contribution in [0.5, 0.6) is 0 Å². The minimum absolute atomic E-state index is 0. The van der Waals surface area contributed by atoms with Gasteiger partial charge in [-0.15, -0.1) is 0 Å². The zero-order chi connectivity index (χ0) is 17.1. The van der Waals surface area contributed by atoms with Crippen molar-refractivity contribution >= 4 is 39.8 Å². The number of aryl methyl sites for hydroxylation is 2. The van der Waals surface area contributed by atoms with Crippen LogP contribution >= 0.6 is 22.6 Å². The van der Waals surface area contributed by atoms with E-state index in [0.717, 1.165) is 54.5 Å². The Morgan fingerprint density at radius 3 is 1.88 bits per heavy atom. The van der Waals surface area contributed by atoms with E-state index < -0.39 is 0 Å². The summed E-state index contributed by atoms with van der Waals surface area (Å²) in [5.41, 5.74) is 10.5.